The number of aromatic nitrogens is 1. The fraction of sp³-hybridized carbons (Fsp3) is 0.619. The molecule has 0 atom stereocenters. The number of hydrogen-bond donors (Lipinski definition) is 0. The SMILES string of the molecule is CC.CCCc1cc(N2CCC3(CC2)OCCO3)nc2sc(C#N)c(C)c12. The van der Waals surface area contributed by atoms with Gasteiger partial charge in [0.2, 0.25) is 0 Å². The highest BCUT2D eigenvalue weighted by Crippen LogP contribution is 2.37. The lowest BCUT2D eigenvalue weighted by Crippen LogP contribution is -2.45. The van der Waals surface area contributed by atoms with Gasteiger partial charge in [0.15, 0.2) is 5.79 Å². The molecule has 0 radical (unpaired) electrons. The quantitative estimate of drug-likeness (QED) is 0.757. The molecule has 2 aromatic rings. The van der Waals surface area contributed by atoms with E-state index in [1.165, 1.54) is 22.3 Å². The van der Waals surface area contributed by atoms with E-state index in [-0.39, 0.29) is 5.79 Å². The molecule has 6 heteroatoms. The molecule has 2 saturated heterocycles. The number of hydrogen-bond acceptors (Lipinski definition) is 6. The van der Waals surface area contributed by atoms with Gasteiger partial charge in [0.1, 0.15) is 21.6 Å². The van der Waals surface area contributed by atoms with Crippen LogP contribution in [-0.2, 0) is 15.9 Å². The molecule has 1 spiro atoms. The second kappa shape index (κ2) is 8.55. The molecule has 0 saturated carbocycles. The van der Waals surface area contributed by atoms with Crippen LogP contribution in [0.2, 0.25) is 0 Å². The Bertz CT molecular complexity index is 824. The molecule has 2 aliphatic rings. The fourth-order valence-corrected chi connectivity index (χ4v) is 4.94. The summed E-state index contributed by atoms with van der Waals surface area (Å²) in [5, 5.41) is 10.6. The summed E-state index contributed by atoms with van der Waals surface area (Å²) in [6.07, 6.45) is 3.85. The van der Waals surface area contributed by atoms with Gasteiger partial charge in [-0.05, 0) is 30.5 Å². The third kappa shape index (κ3) is 3.82. The topological polar surface area (TPSA) is 58.4 Å². The minimum Gasteiger partial charge on any atom is -0.356 e. The van der Waals surface area contributed by atoms with E-state index in [0.717, 1.165) is 59.9 Å². The van der Waals surface area contributed by atoms with Crippen LogP contribution in [0.25, 0.3) is 10.2 Å². The summed E-state index contributed by atoms with van der Waals surface area (Å²) >= 11 is 1.51. The maximum Gasteiger partial charge on any atom is 0.171 e. The second-order valence-electron chi connectivity index (χ2n) is 6.83. The van der Waals surface area contributed by atoms with Gasteiger partial charge in [-0.2, -0.15) is 5.26 Å². The predicted molar refractivity (Wildman–Crippen MR) is 110 cm³/mol. The highest BCUT2D eigenvalue weighted by Gasteiger charge is 2.40. The van der Waals surface area contributed by atoms with Crippen LogP contribution in [-0.4, -0.2) is 37.1 Å². The number of thiophene rings is 1. The zero-order chi connectivity index (χ0) is 19.4. The molecule has 0 aromatic carbocycles. The van der Waals surface area contributed by atoms with Crippen molar-refractivity contribution in [2.75, 3.05) is 31.2 Å². The van der Waals surface area contributed by atoms with E-state index in [1.807, 2.05) is 20.8 Å². The standard InChI is InChI=1S/C19H23N3O2S.C2H6/c1-3-4-14-11-16(21-18-17(14)13(2)15(12-20)25-18)22-7-5-19(6-8-22)23-9-10-24-19;1-2/h11H,3-10H2,1-2H3;1-2H3. The van der Waals surface area contributed by atoms with Crippen molar-refractivity contribution in [1.82, 2.24) is 4.98 Å². The van der Waals surface area contributed by atoms with Crippen LogP contribution >= 0.6 is 11.3 Å². The van der Waals surface area contributed by atoms with Crippen molar-refractivity contribution in [3.63, 3.8) is 0 Å². The zero-order valence-corrected chi connectivity index (χ0v) is 17.6. The van der Waals surface area contributed by atoms with E-state index in [1.54, 1.807) is 0 Å². The minimum absolute atomic E-state index is 0.361. The number of ether oxygens (including phenoxy) is 2. The average molecular weight is 388 g/mol. The summed E-state index contributed by atoms with van der Waals surface area (Å²) < 4.78 is 11.7. The smallest absolute Gasteiger partial charge is 0.171 e. The molecule has 27 heavy (non-hydrogen) atoms. The monoisotopic (exact) mass is 387 g/mol. The first-order valence-corrected chi connectivity index (χ1v) is 10.8. The summed E-state index contributed by atoms with van der Waals surface area (Å²) in [5.41, 5.74) is 2.39. The van der Waals surface area contributed by atoms with E-state index in [0.29, 0.717) is 13.2 Å². The van der Waals surface area contributed by atoms with E-state index in [2.05, 4.69) is 24.0 Å². The summed E-state index contributed by atoms with van der Waals surface area (Å²) in [7, 11) is 0. The Morgan fingerprint density at radius 1 is 1.26 bits per heavy atom. The molecule has 4 heterocycles. The number of nitriles is 1. The average Bonchev–Trinajstić information content (AvgIpc) is 3.28. The van der Waals surface area contributed by atoms with E-state index < -0.39 is 0 Å². The van der Waals surface area contributed by atoms with Crippen LogP contribution < -0.4 is 4.90 Å². The zero-order valence-electron chi connectivity index (χ0n) is 16.8. The van der Waals surface area contributed by atoms with Crippen LogP contribution in [0.15, 0.2) is 6.07 Å². The molecule has 2 fully saturated rings. The first kappa shape index (κ1) is 20.1. The molecule has 0 bridgehead atoms. The fourth-order valence-electron chi connectivity index (χ4n) is 3.92. The Balaban J connectivity index is 0.00000102. The Morgan fingerprint density at radius 2 is 1.93 bits per heavy atom. The van der Waals surface area contributed by atoms with Gasteiger partial charge in [-0.3, -0.25) is 0 Å². The second-order valence-corrected chi connectivity index (χ2v) is 7.83. The number of aryl methyl sites for hydroxylation is 2. The van der Waals surface area contributed by atoms with Crippen molar-refractivity contribution in [3.05, 3.63) is 22.1 Å². The molecule has 0 unspecified atom stereocenters. The van der Waals surface area contributed by atoms with Crippen molar-refractivity contribution in [2.45, 2.75) is 59.2 Å². The molecule has 5 nitrogen and oxygen atoms in total. The normalized spacial score (nSPS) is 18.4. The number of anilines is 1. The third-order valence-corrected chi connectivity index (χ3v) is 6.34. The van der Waals surface area contributed by atoms with Gasteiger partial charge in [-0.25, -0.2) is 4.98 Å². The lowest BCUT2D eigenvalue weighted by molar-refractivity contribution is -0.169. The van der Waals surface area contributed by atoms with Crippen LogP contribution in [0, 0.1) is 18.3 Å². The lowest BCUT2D eigenvalue weighted by atomic mass is 10.0. The highest BCUT2D eigenvalue weighted by atomic mass is 32.1. The number of fused-ring (bicyclic) bond motifs is 1. The van der Waals surface area contributed by atoms with Crippen molar-refractivity contribution in [2.24, 2.45) is 0 Å². The molecular formula is C21H29N3O2S. The molecule has 2 aromatic heterocycles. The van der Waals surface area contributed by atoms with Gasteiger partial charge in [-0.15, -0.1) is 11.3 Å². The summed E-state index contributed by atoms with van der Waals surface area (Å²) in [5.74, 6) is 0.662. The number of rotatable bonds is 3. The Kier molecular flexibility index (Phi) is 6.36. The first-order chi connectivity index (χ1) is 13.2. The van der Waals surface area contributed by atoms with Gasteiger partial charge >= 0.3 is 0 Å². The molecule has 2 aliphatic heterocycles. The minimum atomic E-state index is -0.361. The predicted octanol–water partition coefficient (Wildman–Crippen LogP) is 4.80. The van der Waals surface area contributed by atoms with Gasteiger partial charge in [0.25, 0.3) is 0 Å². The van der Waals surface area contributed by atoms with Crippen LogP contribution in [0.4, 0.5) is 5.82 Å². The summed E-state index contributed by atoms with van der Waals surface area (Å²) in [6, 6.07) is 4.54. The van der Waals surface area contributed by atoms with Crippen molar-refractivity contribution >= 4 is 27.4 Å². The Hall–Kier alpha value is -1.68. The Labute approximate surface area is 165 Å². The van der Waals surface area contributed by atoms with Crippen LogP contribution in [0.1, 0.15) is 56.0 Å². The van der Waals surface area contributed by atoms with E-state index in [4.69, 9.17) is 14.5 Å². The van der Waals surface area contributed by atoms with Gasteiger partial charge in [0.05, 0.1) is 13.2 Å². The molecule has 0 amide bonds. The maximum atomic E-state index is 9.37. The summed E-state index contributed by atoms with van der Waals surface area (Å²) in [4.78, 5) is 9.00. The number of pyridine rings is 1. The van der Waals surface area contributed by atoms with E-state index in [9.17, 15) is 5.26 Å². The molecule has 0 aliphatic carbocycles. The van der Waals surface area contributed by atoms with Crippen LogP contribution in [0.5, 0.6) is 0 Å². The number of piperidine rings is 1. The van der Waals surface area contributed by atoms with Gasteiger partial charge in [0, 0.05) is 31.3 Å². The van der Waals surface area contributed by atoms with Crippen LogP contribution in [0.3, 0.4) is 0 Å². The van der Waals surface area contributed by atoms with Crippen molar-refractivity contribution in [3.8, 4) is 6.07 Å². The highest BCUT2D eigenvalue weighted by molar-refractivity contribution is 7.19. The third-order valence-electron chi connectivity index (χ3n) is 5.25. The number of nitrogens with zero attached hydrogens (tertiary/aromatic N) is 3. The molecular weight excluding hydrogens is 358 g/mol. The summed E-state index contributed by atoms with van der Waals surface area (Å²) in [6.45, 7) is 11.4. The van der Waals surface area contributed by atoms with Crippen molar-refractivity contribution in [1.29, 1.82) is 5.26 Å². The van der Waals surface area contributed by atoms with Gasteiger partial charge in [-0.1, -0.05) is 27.2 Å². The van der Waals surface area contributed by atoms with Gasteiger partial charge < -0.3 is 14.4 Å². The molecule has 4 rings (SSSR count). The molecule has 146 valence electrons. The first-order valence-electron chi connectivity index (χ1n) is 10.0. The largest absolute Gasteiger partial charge is 0.356 e. The lowest BCUT2D eigenvalue weighted by Gasteiger charge is -2.38. The molecule has 0 N–H and O–H groups in total. The van der Waals surface area contributed by atoms with Crippen molar-refractivity contribution < 1.29 is 9.47 Å². The Morgan fingerprint density at radius 3 is 2.52 bits per heavy atom. The van der Waals surface area contributed by atoms with E-state index >= 15 is 0 Å². The maximum absolute atomic E-state index is 9.37.